The number of nitrogens with two attached hydrogens (primary N) is 3. The first kappa shape index (κ1) is 11.5. The molecular formula is C9H15N5S. The molecule has 0 saturated carbocycles. The molecule has 6 N–H and O–H groups in total. The van der Waals surface area contributed by atoms with Gasteiger partial charge in [0.1, 0.15) is 0 Å². The smallest absolute Gasteiger partial charge is 0.219 e. The van der Waals surface area contributed by atoms with E-state index in [4.69, 9.17) is 17.2 Å². The molecule has 1 unspecified atom stereocenters. The third-order valence-electron chi connectivity index (χ3n) is 1.79. The summed E-state index contributed by atoms with van der Waals surface area (Å²) in [6.45, 7) is 2.04. The van der Waals surface area contributed by atoms with Crippen molar-refractivity contribution in [2.75, 3.05) is 0 Å². The predicted octanol–water partition coefficient (Wildman–Crippen LogP) is 0.787. The van der Waals surface area contributed by atoms with Gasteiger partial charge in [0.15, 0.2) is 5.96 Å². The number of guanidine groups is 2. The molecule has 0 aliphatic carbocycles. The molecule has 0 aromatic carbocycles. The highest BCUT2D eigenvalue weighted by atomic mass is 32.1. The fourth-order valence-corrected chi connectivity index (χ4v) is 2.01. The maximum atomic E-state index is 5.56. The highest BCUT2D eigenvalue weighted by Gasteiger charge is 2.08. The third kappa shape index (κ3) is 3.59. The summed E-state index contributed by atoms with van der Waals surface area (Å²) >= 11 is 1.64. The van der Waals surface area contributed by atoms with Crippen LogP contribution in [0, 0.1) is 0 Å². The Morgan fingerprint density at radius 2 is 2.20 bits per heavy atom. The maximum absolute atomic E-state index is 5.56. The molecule has 1 aromatic heterocycles. The van der Waals surface area contributed by atoms with Crippen LogP contribution in [-0.2, 0) is 0 Å². The number of aliphatic imine (C=N–C) groups is 2. The summed E-state index contributed by atoms with van der Waals surface area (Å²) in [5.41, 5.74) is 16.0. The van der Waals surface area contributed by atoms with E-state index in [0.717, 1.165) is 11.3 Å². The zero-order chi connectivity index (χ0) is 11.3. The predicted molar refractivity (Wildman–Crippen MR) is 64.8 cm³/mol. The fraction of sp³-hybridized carbons (Fsp3) is 0.333. The molecule has 0 fully saturated rings. The molecule has 0 spiro atoms. The number of hydrogen-bond donors (Lipinski definition) is 3. The van der Waals surface area contributed by atoms with Crippen molar-refractivity contribution in [3.8, 4) is 0 Å². The highest BCUT2D eigenvalue weighted by Crippen LogP contribution is 2.25. The average molecular weight is 225 g/mol. The summed E-state index contributed by atoms with van der Waals surface area (Å²) in [6.07, 6.45) is 0.862. The van der Waals surface area contributed by atoms with Gasteiger partial charge in [-0.05, 0) is 17.9 Å². The van der Waals surface area contributed by atoms with E-state index in [1.807, 2.05) is 24.4 Å². The summed E-state index contributed by atoms with van der Waals surface area (Å²) in [6, 6.07) is 4.04. The summed E-state index contributed by atoms with van der Waals surface area (Å²) in [4.78, 5) is 9.07. The Bertz CT molecular complexity index is 351. The van der Waals surface area contributed by atoms with Crippen LogP contribution in [0.3, 0.4) is 0 Å². The van der Waals surface area contributed by atoms with Crippen LogP contribution in [0.1, 0.15) is 24.3 Å². The van der Waals surface area contributed by atoms with E-state index in [0.29, 0.717) is 0 Å². The van der Waals surface area contributed by atoms with Gasteiger partial charge < -0.3 is 17.2 Å². The van der Waals surface area contributed by atoms with Gasteiger partial charge in [0.05, 0.1) is 6.04 Å². The Balaban J connectivity index is 2.82. The van der Waals surface area contributed by atoms with E-state index >= 15 is 0 Å². The summed E-state index contributed by atoms with van der Waals surface area (Å²) in [5.74, 6) is 0.0486. The van der Waals surface area contributed by atoms with Crippen LogP contribution >= 0.6 is 11.3 Å². The van der Waals surface area contributed by atoms with Crippen molar-refractivity contribution in [1.82, 2.24) is 0 Å². The lowest BCUT2D eigenvalue weighted by molar-refractivity contribution is 0.712. The molecule has 1 atom stereocenters. The summed E-state index contributed by atoms with van der Waals surface area (Å²) in [5, 5.41) is 2.00. The molecule has 82 valence electrons. The standard InChI is InChI=1S/C9H15N5S/c1-2-6(7-4-3-5-15-7)13-9(12)14-8(10)11/h3-6H,2H2,1H3,(H6,10,11,12,13,14). The number of hydrogen-bond acceptors (Lipinski definition) is 2. The van der Waals surface area contributed by atoms with Gasteiger partial charge in [-0.2, -0.15) is 4.99 Å². The summed E-state index contributed by atoms with van der Waals surface area (Å²) < 4.78 is 0. The highest BCUT2D eigenvalue weighted by molar-refractivity contribution is 7.10. The first-order chi connectivity index (χ1) is 7.13. The Labute approximate surface area is 92.7 Å². The molecule has 15 heavy (non-hydrogen) atoms. The first-order valence-electron chi connectivity index (χ1n) is 4.59. The Morgan fingerprint density at radius 3 is 2.67 bits per heavy atom. The van der Waals surface area contributed by atoms with Gasteiger partial charge in [0, 0.05) is 4.88 Å². The van der Waals surface area contributed by atoms with Gasteiger partial charge in [-0.1, -0.05) is 13.0 Å². The molecule has 0 amide bonds. The fourth-order valence-electron chi connectivity index (χ4n) is 1.16. The SMILES string of the molecule is CCC(N=C(N)N=C(N)N)c1cccs1. The average Bonchev–Trinajstić information content (AvgIpc) is 2.65. The quantitative estimate of drug-likeness (QED) is 0.523. The van der Waals surface area contributed by atoms with Crippen molar-refractivity contribution in [3.05, 3.63) is 22.4 Å². The normalized spacial score (nSPS) is 13.5. The number of rotatable bonds is 3. The van der Waals surface area contributed by atoms with Crippen LogP contribution in [0.4, 0.5) is 0 Å². The van der Waals surface area contributed by atoms with E-state index in [1.54, 1.807) is 11.3 Å². The van der Waals surface area contributed by atoms with Crippen LogP contribution in [0.5, 0.6) is 0 Å². The van der Waals surface area contributed by atoms with Crippen molar-refractivity contribution in [1.29, 1.82) is 0 Å². The lowest BCUT2D eigenvalue weighted by Crippen LogP contribution is -2.26. The maximum Gasteiger partial charge on any atom is 0.219 e. The lowest BCUT2D eigenvalue weighted by Gasteiger charge is -2.07. The van der Waals surface area contributed by atoms with E-state index in [2.05, 4.69) is 9.98 Å². The van der Waals surface area contributed by atoms with Crippen LogP contribution in [0.2, 0.25) is 0 Å². The molecule has 1 aromatic rings. The number of thiophene rings is 1. The van der Waals surface area contributed by atoms with Gasteiger partial charge in [-0.25, -0.2) is 4.99 Å². The van der Waals surface area contributed by atoms with Gasteiger partial charge in [0.2, 0.25) is 5.96 Å². The zero-order valence-electron chi connectivity index (χ0n) is 8.55. The second-order valence-electron chi connectivity index (χ2n) is 2.96. The molecule has 6 heteroatoms. The molecular weight excluding hydrogens is 210 g/mol. The zero-order valence-corrected chi connectivity index (χ0v) is 9.37. The molecule has 5 nitrogen and oxygen atoms in total. The van der Waals surface area contributed by atoms with Gasteiger partial charge in [-0.3, -0.25) is 0 Å². The van der Waals surface area contributed by atoms with Crippen molar-refractivity contribution in [3.63, 3.8) is 0 Å². The van der Waals surface area contributed by atoms with Crippen LogP contribution in [0.25, 0.3) is 0 Å². The monoisotopic (exact) mass is 225 g/mol. The lowest BCUT2D eigenvalue weighted by atomic mass is 10.2. The van der Waals surface area contributed by atoms with Crippen LogP contribution in [-0.4, -0.2) is 11.9 Å². The van der Waals surface area contributed by atoms with Gasteiger partial charge in [-0.15, -0.1) is 11.3 Å². The largest absolute Gasteiger partial charge is 0.370 e. The van der Waals surface area contributed by atoms with Crippen LogP contribution < -0.4 is 17.2 Å². The molecule has 0 aliphatic rings. The molecule has 0 radical (unpaired) electrons. The minimum atomic E-state index is -0.0720. The molecule has 0 saturated heterocycles. The molecule has 1 heterocycles. The van der Waals surface area contributed by atoms with Crippen LogP contribution in [0.15, 0.2) is 27.5 Å². The first-order valence-corrected chi connectivity index (χ1v) is 5.47. The number of nitrogens with zero attached hydrogens (tertiary/aromatic N) is 2. The van der Waals surface area contributed by atoms with E-state index in [-0.39, 0.29) is 18.0 Å². The second-order valence-corrected chi connectivity index (χ2v) is 3.94. The van der Waals surface area contributed by atoms with E-state index < -0.39 is 0 Å². The minimum absolute atomic E-state index is 0.0353. The van der Waals surface area contributed by atoms with Crippen molar-refractivity contribution >= 4 is 23.3 Å². The third-order valence-corrected chi connectivity index (χ3v) is 2.76. The van der Waals surface area contributed by atoms with Gasteiger partial charge in [0.25, 0.3) is 0 Å². The Hall–Kier alpha value is -1.56. The second kappa shape index (κ2) is 5.35. The molecule has 0 aliphatic heterocycles. The van der Waals surface area contributed by atoms with Crippen molar-refractivity contribution in [2.24, 2.45) is 27.2 Å². The Morgan fingerprint density at radius 1 is 1.47 bits per heavy atom. The topological polar surface area (TPSA) is 103 Å². The van der Waals surface area contributed by atoms with Gasteiger partial charge >= 0.3 is 0 Å². The van der Waals surface area contributed by atoms with Crippen molar-refractivity contribution < 1.29 is 0 Å². The summed E-state index contributed by atoms with van der Waals surface area (Å²) in [7, 11) is 0. The Kier molecular flexibility index (Phi) is 4.11. The molecule has 0 bridgehead atoms. The minimum Gasteiger partial charge on any atom is -0.370 e. The molecule has 1 rings (SSSR count). The van der Waals surface area contributed by atoms with E-state index in [9.17, 15) is 0 Å². The van der Waals surface area contributed by atoms with Crippen molar-refractivity contribution in [2.45, 2.75) is 19.4 Å². The van der Waals surface area contributed by atoms with E-state index in [1.165, 1.54) is 0 Å².